The van der Waals surface area contributed by atoms with Gasteiger partial charge in [0.25, 0.3) is 0 Å². The Hall–Kier alpha value is -1.09. The molecule has 12 heavy (non-hydrogen) atoms. The lowest BCUT2D eigenvalue weighted by atomic mass is 10.2. The number of alkyl halides is 1. The van der Waals surface area contributed by atoms with Crippen LogP contribution in [-0.2, 0) is 5.88 Å². The summed E-state index contributed by atoms with van der Waals surface area (Å²) in [6.07, 6.45) is 0. The second kappa shape index (κ2) is 3.54. The smallest absolute Gasteiger partial charge is 0.161 e. The summed E-state index contributed by atoms with van der Waals surface area (Å²) < 4.78 is 4.92. The van der Waals surface area contributed by atoms with Crippen molar-refractivity contribution in [3.63, 3.8) is 0 Å². The number of halogens is 1. The summed E-state index contributed by atoms with van der Waals surface area (Å²) in [7, 11) is 1.47. The van der Waals surface area contributed by atoms with E-state index in [4.69, 9.17) is 26.6 Å². The number of rotatable bonds is 2. The number of benzene rings is 1. The van der Waals surface area contributed by atoms with Crippen LogP contribution >= 0.6 is 11.6 Å². The summed E-state index contributed by atoms with van der Waals surface area (Å²) in [5.41, 5.74) is 0.648. The normalized spacial score (nSPS) is 9.83. The third kappa shape index (κ3) is 1.56. The second-order valence-electron chi connectivity index (χ2n) is 2.29. The fraction of sp³-hybridized carbons (Fsp3) is 0.250. The molecule has 0 aromatic heterocycles. The molecule has 0 unspecified atom stereocenters. The maximum absolute atomic E-state index is 9.09. The van der Waals surface area contributed by atoms with Crippen molar-refractivity contribution in [3.05, 3.63) is 17.7 Å². The van der Waals surface area contributed by atoms with E-state index < -0.39 is 0 Å². The van der Waals surface area contributed by atoms with Crippen LogP contribution in [0.5, 0.6) is 17.2 Å². The molecular weight excluding hydrogens is 180 g/mol. The molecule has 0 spiro atoms. The Kier molecular flexibility index (Phi) is 2.65. The lowest BCUT2D eigenvalue weighted by Gasteiger charge is -2.07. The molecule has 66 valence electrons. The molecule has 0 radical (unpaired) electrons. The third-order valence-corrected chi connectivity index (χ3v) is 1.81. The van der Waals surface area contributed by atoms with Crippen LogP contribution in [0.15, 0.2) is 12.1 Å². The lowest BCUT2D eigenvalue weighted by Crippen LogP contribution is -1.88. The van der Waals surface area contributed by atoms with Gasteiger partial charge in [-0.2, -0.15) is 0 Å². The Labute approximate surface area is 75.2 Å². The summed E-state index contributed by atoms with van der Waals surface area (Å²) in [6, 6.07) is 2.70. The number of hydrogen-bond acceptors (Lipinski definition) is 3. The second-order valence-corrected chi connectivity index (χ2v) is 2.55. The van der Waals surface area contributed by atoms with E-state index in [9.17, 15) is 0 Å². The van der Waals surface area contributed by atoms with E-state index in [1.807, 2.05) is 0 Å². The highest BCUT2D eigenvalue weighted by Crippen LogP contribution is 2.33. The van der Waals surface area contributed by atoms with E-state index in [-0.39, 0.29) is 17.4 Å². The maximum Gasteiger partial charge on any atom is 0.161 e. The molecule has 0 aliphatic heterocycles. The average molecular weight is 189 g/mol. The van der Waals surface area contributed by atoms with Gasteiger partial charge in [-0.1, -0.05) is 0 Å². The number of phenols is 2. The van der Waals surface area contributed by atoms with Crippen molar-refractivity contribution in [1.29, 1.82) is 0 Å². The molecule has 0 amide bonds. The Morgan fingerprint density at radius 3 is 2.42 bits per heavy atom. The number of hydrogen-bond donors (Lipinski definition) is 2. The highest BCUT2D eigenvalue weighted by atomic mass is 35.5. The van der Waals surface area contributed by atoms with Gasteiger partial charge in [-0.3, -0.25) is 0 Å². The summed E-state index contributed by atoms with van der Waals surface area (Å²) >= 11 is 5.56. The Balaban J connectivity index is 3.19. The first-order valence-corrected chi connectivity index (χ1v) is 3.87. The van der Waals surface area contributed by atoms with Crippen LogP contribution in [0.25, 0.3) is 0 Å². The van der Waals surface area contributed by atoms with E-state index in [1.54, 1.807) is 0 Å². The number of ether oxygens (including phenoxy) is 1. The summed E-state index contributed by atoms with van der Waals surface area (Å²) in [5.74, 6) is 0.310. The van der Waals surface area contributed by atoms with Crippen molar-refractivity contribution in [3.8, 4) is 17.2 Å². The minimum atomic E-state index is -0.208. The highest BCUT2D eigenvalue weighted by Gasteiger charge is 2.07. The summed E-state index contributed by atoms with van der Waals surface area (Å²) in [5, 5.41) is 18.2. The molecule has 1 aromatic rings. The quantitative estimate of drug-likeness (QED) is 0.550. The molecule has 2 N–H and O–H groups in total. The lowest BCUT2D eigenvalue weighted by molar-refractivity contribution is 0.383. The van der Waals surface area contributed by atoms with E-state index in [0.29, 0.717) is 11.3 Å². The van der Waals surface area contributed by atoms with Crippen LogP contribution in [0.4, 0.5) is 0 Å². The molecule has 1 rings (SSSR count). The van der Waals surface area contributed by atoms with Crippen molar-refractivity contribution in [2.24, 2.45) is 0 Å². The molecule has 0 saturated carbocycles. The van der Waals surface area contributed by atoms with Gasteiger partial charge in [-0.05, 0) is 6.07 Å². The molecule has 1 aromatic carbocycles. The van der Waals surface area contributed by atoms with Gasteiger partial charge >= 0.3 is 0 Å². The van der Waals surface area contributed by atoms with Gasteiger partial charge in [0.1, 0.15) is 5.75 Å². The van der Waals surface area contributed by atoms with Crippen molar-refractivity contribution < 1.29 is 14.9 Å². The zero-order valence-corrected chi connectivity index (χ0v) is 7.30. The van der Waals surface area contributed by atoms with E-state index in [0.717, 1.165) is 0 Å². The van der Waals surface area contributed by atoms with E-state index >= 15 is 0 Å². The first kappa shape index (κ1) is 9.00. The van der Waals surface area contributed by atoms with Gasteiger partial charge in [0.15, 0.2) is 11.5 Å². The molecule has 0 heterocycles. The molecular formula is C8H9ClO3. The van der Waals surface area contributed by atoms with Crippen molar-refractivity contribution >= 4 is 11.6 Å². The van der Waals surface area contributed by atoms with Crippen LogP contribution in [0.3, 0.4) is 0 Å². The third-order valence-electron chi connectivity index (χ3n) is 1.52. The number of methoxy groups -OCH3 is 1. The first-order chi connectivity index (χ1) is 5.69. The SMILES string of the molecule is COc1cc(O)c(O)cc1CCl. The van der Waals surface area contributed by atoms with Gasteiger partial charge in [-0.25, -0.2) is 0 Å². The van der Waals surface area contributed by atoms with Gasteiger partial charge < -0.3 is 14.9 Å². The van der Waals surface area contributed by atoms with Crippen molar-refractivity contribution in [1.82, 2.24) is 0 Å². The average Bonchev–Trinajstić information content (AvgIpc) is 2.09. The Bertz CT molecular complexity index is 257. The molecule has 0 fully saturated rings. The Morgan fingerprint density at radius 2 is 1.92 bits per heavy atom. The Morgan fingerprint density at radius 1 is 1.33 bits per heavy atom. The van der Waals surface area contributed by atoms with Crippen LogP contribution < -0.4 is 4.74 Å². The zero-order chi connectivity index (χ0) is 9.14. The predicted molar refractivity (Wildman–Crippen MR) is 45.9 cm³/mol. The molecule has 3 nitrogen and oxygen atoms in total. The van der Waals surface area contributed by atoms with Gasteiger partial charge in [0.05, 0.1) is 13.0 Å². The van der Waals surface area contributed by atoms with Crippen LogP contribution in [0, 0.1) is 0 Å². The van der Waals surface area contributed by atoms with Gasteiger partial charge in [0, 0.05) is 11.6 Å². The number of aromatic hydroxyl groups is 2. The van der Waals surface area contributed by atoms with Crippen LogP contribution in [-0.4, -0.2) is 17.3 Å². The zero-order valence-electron chi connectivity index (χ0n) is 6.54. The molecule has 0 bridgehead atoms. The predicted octanol–water partition coefficient (Wildman–Crippen LogP) is 1.85. The molecule has 4 heteroatoms. The first-order valence-electron chi connectivity index (χ1n) is 3.34. The summed E-state index contributed by atoms with van der Waals surface area (Å²) in [4.78, 5) is 0. The van der Waals surface area contributed by atoms with Gasteiger partial charge in [-0.15, -0.1) is 11.6 Å². The maximum atomic E-state index is 9.09. The standard InChI is InChI=1S/C8H9ClO3/c1-12-8-3-7(11)6(10)2-5(8)4-9/h2-3,10-11H,4H2,1H3. The largest absolute Gasteiger partial charge is 0.504 e. The van der Waals surface area contributed by atoms with E-state index in [2.05, 4.69) is 0 Å². The van der Waals surface area contributed by atoms with Crippen molar-refractivity contribution in [2.45, 2.75) is 5.88 Å². The minimum Gasteiger partial charge on any atom is -0.504 e. The van der Waals surface area contributed by atoms with Crippen LogP contribution in [0.1, 0.15) is 5.56 Å². The monoisotopic (exact) mass is 188 g/mol. The van der Waals surface area contributed by atoms with Crippen molar-refractivity contribution in [2.75, 3.05) is 7.11 Å². The molecule has 0 atom stereocenters. The fourth-order valence-electron chi connectivity index (χ4n) is 0.895. The highest BCUT2D eigenvalue weighted by molar-refractivity contribution is 6.17. The minimum absolute atomic E-state index is 0.188. The van der Waals surface area contributed by atoms with Crippen LogP contribution in [0.2, 0.25) is 0 Å². The fourth-order valence-corrected chi connectivity index (χ4v) is 1.10. The topological polar surface area (TPSA) is 49.7 Å². The van der Waals surface area contributed by atoms with Gasteiger partial charge in [0.2, 0.25) is 0 Å². The molecule has 0 aliphatic carbocycles. The molecule has 0 saturated heterocycles. The molecule has 0 aliphatic rings. The summed E-state index contributed by atoms with van der Waals surface area (Å²) in [6.45, 7) is 0. The number of phenolic OH excluding ortho intramolecular Hbond substituents is 2. The van der Waals surface area contributed by atoms with E-state index in [1.165, 1.54) is 19.2 Å².